The Bertz CT molecular complexity index is 1050. The Hall–Kier alpha value is -3.87. The molecule has 0 aliphatic carbocycles. The van der Waals surface area contributed by atoms with Crippen molar-refractivity contribution in [3.8, 4) is 16.9 Å². The maximum absolute atomic E-state index is 12.5. The van der Waals surface area contributed by atoms with Gasteiger partial charge in [0.25, 0.3) is 5.91 Å². The normalized spacial score (nSPS) is 10.5. The fraction of sp³-hybridized carbons (Fsp3) is 0.0500. The second kappa shape index (κ2) is 7.57. The Morgan fingerprint density at radius 1 is 0.963 bits per heavy atom. The molecule has 7 heteroatoms. The Labute approximate surface area is 155 Å². The maximum Gasteiger partial charge on any atom is 0.273 e. The van der Waals surface area contributed by atoms with E-state index < -0.39 is 0 Å². The zero-order valence-electron chi connectivity index (χ0n) is 14.4. The van der Waals surface area contributed by atoms with E-state index in [1.54, 1.807) is 18.6 Å². The van der Waals surface area contributed by atoms with Crippen molar-refractivity contribution in [2.45, 2.75) is 6.54 Å². The fourth-order valence-electron chi connectivity index (χ4n) is 2.66. The Balaban J connectivity index is 1.49. The number of aromatic nitrogens is 5. The van der Waals surface area contributed by atoms with Crippen LogP contribution >= 0.6 is 0 Å². The second-order valence-electron chi connectivity index (χ2n) is 5.79. The van der Waals surface area contributed by atoms with Gasteiger partial charge in [-0.3, -0.25) is 14.8 Å². The number of para-hydroxylation sites is 1. The van der Waals surface area contributed by atoms with Gasteiger partial charge in [0.1, 0.15) is 0 Å². The first-order valence-electron chi connectivity index (χ1n) is 8.41. The van der Waals surface area contributed by atoms with Gasteiger partial charge < -0.3 is 5.32 Å². The minimum absolute atomic E-state index is 0.255. The highest BCUT2D eigenvalue weighted by atomic mass is 16.2. The third kappa shape index (κ3) is 3.72. The molecule has 3 aromatic heterocycles. The van der Waals surface area contributed by atoms with Crippen molar-refractivity contribution in [2.75, 3.05) is 0 Å². The molecule has 4 rings (SSSR count). The van der Waals surface area contributed by atoms with Gasteiger partial charge >= 0.3 is 0 Å². The number of carbonyl (C=O) groups is 1. The number of nitrogens with zero attached hydrogens (tertiary/aromatic N) is 5. The minimum Gasteiger partial charge on any atom is -0.346 e. The van der Waals surface area contributed by atoms with Crippen LogP contribution in [0.25, 0.3) is 16.9 Å². The van der Waals surface area contributed by atoms with E-state index in [2.05, 4.69) is 25.5 Å². The first-order chi connectivity index (χ1) is 13.3. The summed E-state index contributed by atoms with van der Waals surface area (Å²) in [6, 6.07) is 17.0. The van der Waals surface area contributed by atoms with E-state index in [0.717, 1.165) is 22.5 Å². The summed E-state index contributed by atoms with van der Waals surface area (Å²) < 4.78 is 0. The molecular formula is C20H16N6O. The Morgan fingerprint density at radius 3 is 2.63 bits per heavy atom. The number of amides is 1. The van der Waals surface area contributed by atoms with Crippen molar-refractivity contribution < 1.29 is 4.79 Å². The van der Waals surface area contributed by atoms with Crippen LogP contribution < -0.4 is 5.32 Å². The van der Waals surface area contributed by atoms with Crippen molar-refractivity contribution in [1.29, 1.82) is 0 Å². The van der Waals surface area contributed by atoms with Crippen molar-refractivity contribution in [2.24, 2.45) is 0 Å². The molecule has 27 heavy (non-hydrogen) atoms. The molecule has 0 spiro atoms. The molecule has 7 nitrogen and oxygen atoms in total. The summed E-state index contributed by atoms with van der Waals surface area (Å²) in [5.41, 5.74) is 3.64. The lowest BCUT2D eigenvalue weighted by Gasteiger charge is -2.09. The molecule has 1 aromatic carbocycles. The highest BCUT2D eigenvalue weighted by molar-refractivity contribution is 5.91. The predicted octanol–water partition coefficient (Wildman–Crippen LogP) is 2.65. The molecular weight excluding hydrogens is 340 g/mol. The molecule has 1 amide bonds. The smallest absolute Gasteiger partial charge is 0.273 e. The van der Waals surface area contributed by atoms with Gasteiger partial charge in [0.05, 0.1) is 17.6 Å². The Morgan fingerprint density at radius 2 is 1.81 bits per heavy atom. The van der Waals surface area contributed by atoms with Gasteiger partial charge in [-0.2, -0.15) is 9.90 Å². The zero-order chi connectivity index (χ0) is 18.5. The van der Waals surface area contributed by atoms with Gasteiger partial charge in [-0.05, 0) is 35.9 Å². The number of pyridine rings is 2. The maximum atomic E-state index is 12.5. The summed E-state index contributed by atoms with van der Waals surface area (Å²) in [4.78, 5) is 22.4. The Kier molecular flexibility index (Phi) is 4.65. The quantitative estimate of drug-likeness (QED) is 0.594. The second-order valence-corrected chi connectivity index (χ2v) is 5.79. The van der Waals surface area contributed by atoms with Crippen LogP contribution in [0.1, 0.15) is 16.1 Å². The molecule has 0 radical (unpaired) electrons. The molecule has 0 bridgehead atoms. The van der Waals surface area contributed by atoms with Gasteiger partial charge in [-0.15, -0.1) is 5.10 Å². The van der Waals surface area contributed by atoms with E-state index in [1.807, 2.05) is 54.6 Å². The summed E-state index contributed by atoms with van der Waals surface area (Å²) in [6.45, 7) is 0.328. The minimum atomic E-state index is -0.293. The molecule has 0 aliphatic heterocycles. The van der Waals surface area contributed by atoms with Crippen LogP contribution in [0, 0.1) is 0 Å². The van der Waals surface area contributed by atoms with Gasteiger partial charge in [0.15, 0.2) is 5.69 Å². The monoisotopic (exact) mass is 356 g/mol. The summed E-state index contributed by atoms with van der Waals surface area (Å²) in [5, 5.41) is 11.3. The molecule has 0 aliphatic rings. The van der Waals surface area contributed by atoms with Crippen LogP contribution in [-0.4, -0.2) is 30.9 Å². The van der Waals surface area contributed by atoms with Crippen molar-refractivity contribution in [3.05, 3.63) is 90.6 Å². The van der Waals surface area contributed by atoms with Gasteiger partial charge in [-0.25, -0.2) is 0 Å². The van der Waals surface area contributed by atoms with Crippen LogP contribution in [-0.2, 0) is 6.54 Å². The van der Waals surface area contributed by atoms with E-state index in [4.69, 9.17) is 0 Å². The molecule has 0 atom stereocenters. The first-order valence-corrected chi connectivity index (χ1v) is 8.41. The van der Waals surface area contributed by atoms with Crippen LogP contribution in [0.4, 0.5) is 0 Å². The largest absolute Gasteiger partial charge is 0.346 e. The van der Waals surface area contributed by atoms with Gasteiger partial charge in [0, 0.05) is 30.7 Å². The van der Waals surface area contributed by atoms with Crippen LogP contribution in [0.2, 0.25) is 0 Å². The predicted molar refractivity (Wildman–Crippen MR) is 100.0 cm³/mol. The number of hydrogen-bond donors (Lipinski definition) is 1. The van der Waals surface area contributed by atoms with E-state index in [-0.39, 0.29) is 11.6 Å². The summed E-state index contributed by atoms with van der Waals surface area (Å²) in [5.74, 6) is -0.293. The molecule has 0 saturated heterocycles. The summed E-state index contributed by atoms with van der Waals surface area (Å²) in [6.07, 6.45) is 6.63. The van der Waals surface area contributed by atoms with Crippen LogP contribution in [0.3, 0.4) is 0 Å². The number of hydrogen-bond acceptors (Lipinski definition) is 5. The van der Waals surface area contributed by atoms with E-state index in [9.17, 15) is 4.79 Å². The third-order valence-electron chi connectivity index (χ3n) is 3.98. The van der Waals surface area contributed by atoms with Crippen molar-refractivity contribution in [3.63, 3.8) is 0 Å². The molecule has 132 valence electrons. The lowest BCUT2D eigenvalue weighted by Crippen LogP contribution is -2.24. The number of carbonyl (C=O) groups excluding carboxylic acids is 1. The van der Waals surface area contributed by atoms with Crippen LogP contribution in [0.5, 0.6) is 0 Å². The standard InChI is InChI=1S/C20H16N6O/c27-20(18-14-24-26(25-18)17-8-2-1-3-9-17)23-13-16-7-5-11-22-19(16)15-6-4-10-21-12-15/h1-12,14H,13H2,(H,23,27). The SMILES string of the molecule is O=C(NCc1cccnc1-c1cccnc1)c1cnn(-c2ccccc2)n1. The first kappa shape index (κ1) is 16.6. The average molecular weight is 356 g/mol. The third-order valence-corrected chi connectivity index (χ3v) is 3.98. The summed E-state index contributed by atoms with van der Waals surface area (Å²) >= 11 is 0. The fourth-order valence-corrected chi connectivity index (χ4v) is 2.66. The zero-order valence-corrected chi connectivity index (χ0v) is 14.4. The molecule has 0 unspecified atom stereocenters. The van der Waals surface area contributed by atoms with E-state index >= 15 is 0 Å². The number of rotatable bonds is 5. The van der Waals surface area contributed by atoms with Gasteiger partial charge in [-0.1, -0.05) is 24.3 Å². The lowest BCUT2D eigenvalue weighted by molar-refractivity contribution is 0.0945. The summed E-state index contributed by atoms with van der Waals surface area (Å²) in [7, 11) is 0. The van der Waals surface area contributed by atoms with Crippen molar-refractivity contribution >= 4 is 5.91 Å². The molecule has 3 heterocycles. The van der Waals surface area contributed by atoms with E-state index in [1.165, 1.54) is 11.0 Å². The number of nitrogens with one attached hydrogen (secondary N) is 1. The van der Waals surface area contributed by atoms with Crippen molar-refractivity contribution in [1.82, 2.24) is 30.3 Å². The average Bonchev–Trinajstić information content (AvgIpc) is 3.24. The highest BCUT2D eigenvalue weighted by Gasteiger charge is 2.13. The lowest BCUT2D eigenvalue weighted by atomic mass is 10.1. The van der Waals surface area contributed by atoms with Crippen LogP contribution in [0.15, 0.2) is 79.4 Å². The molecule has 4 aromatic rings. The topological polar surface area (TPSA) is 85.6 Å². The molecule has 1 N–H and O–H groups in total. The molecule has 0 fully saturated rings. The number of benzene rings is 1. The van der Waals surface area contributed by atoms with E-state index in [0.29, 0.717) is 6.54 Å². The molecule has 0 saturated carbocycles. The van der Waals surface area contributed by atoms with Gasteiger partial charge in [0.2, 0.25) is 0 Å². The highest BCUT2D eigenvalue weighted by Crippen LogP contribution is 2.19.